The summed E-state index contributed by atoms with van der Waals surface area (Å²) in [6.07, 6.45) is 1.69. The van der Waals surface area contributed by atoms with Crippen LogP contribution in [0.5, 0.6) is 0 Å². The molecule has 6 nitrogen and oxygen atoms in total. The molecule has 0 aromatic carbocycles. The standard InChI is InChI=1S/C12H22ClN5OS/c1-17(2)3-4-18-12(9(13)7-15-18)11(16-14)10-8-20-6-5-19-10/h7,10-11,16H,3-6,8,14H2,1-2H3. The van der Waals surface area contributed by atoms with Crippen LogP contribution in [0.3, 0.4) is 0 Å². The summed E-state index contributed by atoms with van der Waals surface area (Å²) in [6, 6.07) is -0.139. The highest BCUT2D eigenvalue weighted by Gasteiger charge is 2.30. The monoisotopic (exact) mass is 319 g/mol. The van der Waals surface area contributed by atoms with Crippen LogP contribution < -0.4 is 11.3 Å². The van der Waals surface area contributed by atoms with E-state index in [0.29, 0.717) is 5.02 Å². The Kier molecular flexibility index (Phi) is 6.13. The number of thioether (sulfide) groups is 1. The van der Waals surface area contributed by atoms with E-state index in [1.54, 1.807) is 6.20 Å². The van der Waals surface area contributed by atoms with Crippen molar-refractivity contribution in [2.45, 2.75) is 18.7 Å². The van der Waals surface area contributed by atoms with Crippen LogP contribution in [0.2, 0.25) is 5.02 Å². The number of ether oxygens (including phenoxy) is 1. The first kappa shape index (κ1) is 16.1. The van der Waals surface area contributed by atoms with Gasteiger partial charge in [-0.1, -0.05) is 11.6 Å². The van der Waals surface area contributed by atoms with Crippen molar-refractivity contribution >= 4 is 23.4 Å². The molecule has 0 radical (unpaired) electrons. The van der Waals surface area contributed by atoms with Crippen LogP contribution in [0, 0.1) is 0 Å². The fourth-order valence-electron chi connectivity index (χ4n) is 2.21. The van der Waals surface area contributed by atoms with Gasteiger partial charge in [0.25, 0.3) is 0 Å². The summed E-state index contributed by atoms with van der Waals surface area (Å²) in [5.74, 6) is 7.68. The van der Waals surface area contributed by atoms with Gasteiger partial charge in [-0.2, -0.15) is 16.9 Å². The Morgan fingerprint density at radius 1 is 1.70 bits per heavy atom. The zero-order valence-corrected chi connectivity index (χ0v) is 13.5. The Balaban J connectivity index is 2.17. The van der Waals surface area contributed by atoms with Gasteiger partial charge in [0, 0.05) is 18.1 Å². The van der Waals surface area contributed by atoms with Crippen molar-refractivity contribution in [1.29, 1.82) is 0 Å². The number of aromatic nitrogens is 2. The maximum Gasteiger partial charge on any atom is 0.0913 e. The van der Waals surface area contributed by atoms with Gasteiger partial charge in [-0.25, -0.2) is 5.43 Å². The Morgan fingerprint density at radius 3 is 3.10 bits per heavy atom. The molecule has 1 aromatic rings. The summed E-state index contributed by atoms with van der Waals surface area (Å²) in [4.78, 5) is 2.11. The quantitative estimate of drug-likeness (QED) is 0.595. The summed E-state index contributed by atoms with van der Waals surface area (Å²) in [5.41, 5.74) is 3.75. The average Bonchev–Trinajstić information content (AvgIpc) is 2.80. The SMILES string of the molecule is CN(C)CCn1ncc(Cl)c1C(NN)C1CSCCO1. The second-order valence-electron chi connectivity index (χ2n) is 5.03. The van der Waals surface area contributed by atoms with Gasteiger partial charge in [0.2, 0.25) is 0 Å². The Bertz CT molecular complexity index is 422. The molecule has 0 amide bonds. The van der Waals surface area contributed by atoms with E-state index >= 15 is 0 Å². The molecule has 0 bridgehead atoms. The van der Waals surface area contributed by atoms with Crippen molar-refractivity contribution in [3.63, 3.8) is 0 Å². The molecule has 2 unspecified atom stereocenters. The third kappa shape index (κ3) is 3.87. The van der Waals surface area contributed by atoms with Gasteiger partial charge in [-0.15, -0.1) is 0 Å². The van der Waals surface area contributed by atoms with Gasteiger partial charge in [-0.05, 0) is 14.1 Å². The number of hydrogen-bond acceptors (Lipinski definition) is 6. The zero-order chi connectivity index (χ0) is 14.5. The number of nitrogens with one attached hydrogen (secondary N) is 1. The number of nitrogens with zero attached hydrogens (tertiary/aromatic N) is 3. The third-order valence-electron chi connectivity index (χ3n) is 3.28. The van der Waals surface area contributed by atoms with Crippen LogP contribution in [0.15, 0.2) is 6.20 Å². The lowest BCUT2D eigenvalue weighted by Crippen LogP contribution is -2.42. The number of rotatable bonds is 6. The summed E-state index contributed by atoms with van der Waals surface area (Å²) in [5, 5.41) is 4.98. The molecule has 1 saturated heterocycles. The number of halogens is 1. The van der Waals surface area contributed by atoms with Crippen LogP contribution in [-0.4, -0.2) is 59.5 Å². The second-order valence-corrected chi connectivity index (χ2v) is 6.59. The highest BCUT2D eigenvalue weighted by Crippen LogP contribution is 2.29. The molecule has 20 heavy (non-hydrogen) atoms. The van der Waals surface area contributed by atoms with E-state index in [-0.39, 0.29) is 12.1 Å². The van der Waals surface area contributed by atoms with Crippen molar-refractivity contribution in [3.8, 4) is 0 Å². The molecule has 0 saturated carbocycles. The number of hydrazine groups is 1. The summed E-state index contributed by atoms with van der Waals surface area (Å²) in [6.45, 7) is 2.41. The number of hydrogen-bond donors (Lipinski definition) is 2. The maximum atomic E-state index is 6.30. The highest BCUT2D eigenvalue weighted by atomic mass is 35.5. The highest BCUT2D eigenvalue weighted by molar-refractivity contribution is 7.99. The van der Waals surface area contributed by atoms with E-state index in [4.69, 9.17) is 22.2 Å². The topological polar surface area (TPSA) is 68.3 Å². The first-order valence-electron chi connectivity index (χ1n) is 6.65. The van der Waals surface area contributed by atoms with E-state index in [1.807, 2.05) is 30.5 Å². The normalized spacial score (nSPS) is 21.4. The summed E-state index contributed by atoms with van der Waals surface area (Å²) < 4.78 is 7.73. The largest absolute Gasteiger partial charge is 0.374 e. The molecule has 1 aliphatic rings. The minimum atomic E-state index is -0.139. The minimum Gasteiger partial charge on any atom is -0.374 e. The molecule has 8 heteroatoms. The molecule has 0 aliphatic carbocycles. The van der Waals surface area contributed by atoms with Gasteiger partial charge >= 0.3 is 0 Å². The molecule has 1 aliphatic heterocycles. The lowest BCUT2D eigenvalue weighted by molar-refractivity contribution is 0.0443. The third-order valence-corrected chi connectivity index (χ3v) is 4.59. The van der Waals surface area contributed by atoms with Crippen molar-refractivity contribution in [3.05, 3.63) is 16.9 Å². The van der Waals surface area contributed by atoms with Crippen LogP contribution in [0.1, 0.15) is 11.7 Å². The molecule has 2 rings (SSSR count). The van der Waals surface area contributed by atoms with E-state index in [2.05, 4.69) is 15.4 Å². The summed E-state index contributed by atoms with van der Waals surface area (Å²) in [7, 11) is 4.06. The number of nitrogens with two attached hydrogens (primary N) is 1. The molecular formula is C12H22ClN5OS. The maximum absolute atomic E-state index is 6.30. The predicted molar refractivity (Wildman–Crippen MR) is 82.9 cm³/mol. The van der Waals surface area contributed by atoms with Gasteiger partial charge < -0.3 is 9.64 Å². The zero-order valence-electron chi connectivity index (χ0n) is 11.9. The van der Waals surface area contributed by atoms with Gasteiger partial charge in [0.1, 0.15) is 0 Å². The Labute approximate surface area is 128 Å². The van der Waals surface area contributed by atoms with Crippen LogP contribution >= 0.6 is 23.4 Å². The summed E-state index contributed by atoms with van der Waals surface area (Å²) >= 11 is 8.17. The van der Waals surface area contributed by atoms with E-state index < -0.39 is 0 Å². The number of likely N-dealkylation sites (N-methyl/N-ethyl adjacent to an activating group) is 1. The molecular weight excluding hydrogens is 298 g/mol. The van der Waals surface area contributed by atoms with Gasteiger partial charge in [0.05, 0.1) is 42.2 Å². The van der Waals surface area contributed by atoms with Crippen molar-refractivity contribution in [1.82, 2.24) is 20.1 Å². The van der Waals surface area contributed by atoms with Crippen molar-refractivity contribution in [2.75, 3.05) is 38.8 Å². The Hall–Kier alpha value is -0.310. The molecule has 3 N–H and O–H groups in total. The van der Waals surface area contributed by atoms with Crippen LogP contribution in [-0.2, 0) is 11.3 Å². The smallest absolute Gasteiger partial charge is 0.0913 e. The van der Waals surface area contributed by atoms with Crippen molar-refractivity contribution < 1.29 is 4.74 Å². The van der Waals surface area contributed by atoms with E-state index in [0.717, 1.165) is 36.9 Å². The lowest BCUT2D eigenvalue weighted by atomic mass is 10.1. The molecule has 2 heterocycles. The molecule has 1 aromatic heterocycles. The predicted octanol–water partition coefficient (Wildman–Crippen LogP) is 0.735. The van der Waals surface area contributed by atoms with Gasteiger partial charge in [0.15, 0.2) is 0 Å². The lowest BCUT2D eigenvalue weighted by Gasteiger charge is -2.30. The fraction of sp³-hybridized carbons (Fsp3) is 0.750. The average molecular weight is 320 g/mol. The first-order valence-corrected chi connectivity index (χ1v) is 8.18. The fourth-order valence-corrected chi connectivity index (χ4v) is 3.38. The molecule has 114 valence electrons. The van der Waals surface area contributed by atoms with E-state index in [1.165, 1.54) is 0 Å². The Morgan fingerprint density at radius 2 is 2.50 bits per heavy atom. The second kappa shape index (κ2) is 7.63. The van der Waals surface area contributed by atoms with E-state index in [9.17, 15) is 0 Å². The minimum absolute atomic E-state index is 0.0195. The van der Waals surface area contributed by atoms with Crippen molar-refractivity contribution in [2.24, 2.45) is 5.84 Å². The first-order chi connectivity index (χ1) is 9.63. The molecule has 1 fully saturated rings. The van der Waals surface area contributed by atoms with Crippen LogP contribution in [0.25, 0.3) is 0 Å². The van der Waals surface area contributed by atoms with Crippen LogP contribution in [0.4, 0.5) is 0 Å². The van der Waals surface area contributed by atoms with Gasteiger partial charge in [-0.3, -0.25) is 10.5 Å². The molecule has 0 spiro atoms. The molecule has 2 atom stereocenters.